The minimum atomic E-state index is -0.781. The molecule has 0 atom stereocenters. The molecule has 5 nitrogen and oxygen atoms in total. The zero-order chi connectivity index (χ0) is 14.6. The molecule has 0 saturated carbocycles. The van der Waals surface area contributed by atoms with Crippen LogP contribution in [0.25, 0.3) is 0 Å². The fourth-order valence-corrected chi connectivity index (χ4v) is 1.74. The van der Waals surface area contributed by atoms with Crippen molar-refractivity contribution in [1.29, 1.82) is 0 Å². The lowest BCUT2D eigenvalue weighted by Crippen LogP contribution is -2.32. The number of aromatic nitrogens is 2. The Kier molecular flexibility index (Phi) is 4.86. The fraction of sp³-hybridized carbons (Fsp3) is 0.643. The third-order valence-electron chi connectivity index (χ3n) is 2.82. The molecule has 0 aliphatic heterocycles. The van der Waals surface area contributed by atoms with Crippen molar-refractivity contribution in [3.8, 4) is 0 Å². The standard InChI is InChI=1S/C14H23N3O2/c1-9(2)13-15-10(3)8-11(16-13)17-14(4,5)7-6-12(18)19/h8-9H,6-7H2,1-5H3,(H,18,19)(H,15,16,17). The molecule has 0 spiro atoms. The van der Waals surface area contributed by atoms with Gasteiger partial charge in [-0.05, 0) is 27.2 Å². The van der Waals surface area contributed by atoms with Crippen LogP contribution in [0.1, 0.15) is 58.0 Å². The van der Waals surface area contributed by atoms with Crippen molar-refractivity contribution in [3.05, 3.63) is 17.6 Å². The van der Waals surface area contributed by atoms with Crippen LogP contribution < -0.4 is 5.32 Å². The number of nitrogens with one attached hydrogen (secondary N) is 1. The van der Waals surface area contributed by atoms with E-state index in [-0.39, 0.29) is 17.9 Å². The number of anilines is 1. The minimum Gasteiger partial charge on any atom is -0.481 e. The molecule has 1 aromatic heterocycles. The number of carbonyl (C=O) groups is 1. The zero-order valence-electron chi connectivity index (χ0n) is 12.3. The van der Waals surface area contributed by atoms with Crippen molar-refractivity contribution in [2.75, 3.05) is 5.32 Å². The fourth-order valence-electron chi connectivity index (χ4n) is 1.74. The van der Waals surface area contributed by atoms with Crippen LogP contribution in [0, 0.1) is 6.92 Å². The van der Waals surface area contributed by atoms with Crippen molar-refractivity contribution in [3.63, 3.8) is 0 Å². The Morgan fingerprint density at radius 2 is 2.05 bits per heavy atom. The predicted octanol–water partition coefficient (Wildman–Crippen LogP) is 2.96. The number of aliphatic carboxylic acids is 1. The molecule has 1 aromatic rings. The normalized spacial score (nSPS) is 11.7. The number of nitrogens with zero attached hydrogens (tertiary/aromatic N) is 2. The molecule has 5 heteroatoms. The summed E-state index contributed by atoms with van der Waals surface area (Å²) in [5.74, 6) is 1.04. The molecular formula is C14H23N3O2. The van der Waals surface area contributed by atoms with E-state index in [9.17, 15) is 4.79 Å². The van der Waals surface area contributed by atoms with Gasteiger partial charge in [-0.15, -0.1) is 0 Å². The van der Waals surface area contributed by atoms with E-state index >= 15 is 0 Å². The van der Waals surface area contributed by atoms with Gasteiger partial charge in [-0.1, -0.05) is 13.8 Å². The van der Waals surface area contributed by atoms with E-state index in [1.807, 2.05) is 40.7 Å². The van der Waals surface area contributed by atoms with Crippen LogP contribution >= 0.6 is 0 Å². The average Bonchev–Trinajstić information content (AvgIpc) is 2.25. The van der Waals surface area contributed by atoms with Gasteiger partial charge in [-0.2, -0.15) is 0 Å². The van der Waals surface area contributed by atoms with Gasteiger partial charge >= 0.3 is 5.97 Å². The van der Waals surface area contributed by atoms with Gasteiger partial charge in [0.1, 0.15) is 11.6 Å². The lowest BCUT2D eigenvalue weighted by atomic mass is 9.98. The molecule has 0 radical (unpaired) electrons. The van der Waals surface area contributed by atoms with Crippen molar-refractivity contribution in [1.82, 2.24) is 9.97 Å². The number of hydrogen-bond acceptors (Lipinski definition) is 4. The Labute approximate surface area is 114 Å². The lowest BCUT2D eigenvalue weighted by Gasteiger charge is -2.26. The lowest BCUT2D eigenvalue weighted by molar-refractivity contribution is -0.137. The molecule has 106 valence electrons. The van der Waals surface area contributed by atoms with Crippen LogP contribution in [0.2, 0.25) is 0 Å². The molecule has 0 fully saturated rings. The molecule has 0 bridgehead atoms. The molecule has 0 saturated heterocycles. The zero-order valence-corrected chi connectivity index (χ0v) is 12.3. The Balaban J connectivity index is 2.83. The molecule has 1 heterocycles. The van der Waals surface area contributed by atoms with Gasteiger partial charge in [-0.3, -0.25) is 4.79 Å². The second-order valence-corrected chi connectivity index (χ2v) is 5.81. The number of carboxylic acid groups (broad SMARTS) is 1. The molecule has 0 unspecified atom stereocenters. The minimum absolute atomic E-state index is 0.140. The topological polar surface area (TPSA) is 75.1 Å². The van der Waals surface area contributed by atoms with Crippen LogP contribution in [0.15, 0.2) is 6.07 Å². The van der Waals surface area contributed by atoms with E-state index < -0.39 is 5.97 Å². The van der Waals surface area contributed by atoms with Gasteiger partial charge in [0.05, 0.1) is 0 Å². The van der Waals surface area contributed by atoms with Gasteiger partial charge in [0, 0.05) is 29.6 Å². The maximum absolute atomic E-state index is 10.6. The van der Waals surface area contributed by atoms with Crippen LogP contribution in [0.5, 0.6) is 0 Å². The molecule has 0 aliphatic rings. The maximum Gasteiger partial charge on any atom is 0.303 e. The van der Waals surface area contributed by atoms with Crippen molar-refractivity contribution in [2.45, 2.75) is 58.9 Å². The summed E-state index contributed by atoms with van der Waals surface area (Å²) in [6, 6.07) is 1.88. The van der Waals surface area contributed by atoms with E-state index in [1.54, 1.807) is 0 Å². The summed E-state index contributed by atoms with van der Waals surface area (Å²) in [6.07, 6.45) is 0.684. The first-order chi connectivity index (χ1) is 8.69. The van der Waals surface area contributed by atoms with Crippen molar-refractivity contribution < 1.29 is 9.90 Å². The molecule has 19 heavy (non-hydrogen) atoms. The van der Waals surface area contributed by atoms with E-state index in [0.717, 1.165) is 17.3 Å². The van der Waals surface area contributed by atoms with Crippen LogP contribution in [-0.4, -0.2) is 26.6 Å². The van der Waals surface area contributed by atoms with Crippen LogP contribution in [0.3, 0.4) is 0 Å². The third kappa shape index (κ3) is 5.24. The van der Waals surface area contributed by atoms with Crippen LogP contribution in [0.4, 0.5) is 5.82 Å². The summed E-state index contributed by atoms with van der Waals surface area (Å²) in [5, 5.41) is 12.0. The number of hydrogen-bond donors (Lipinski definition) is 2. The number of rotatable bonds is 6. The molecule has 2 N–H and O–H groups in total. The molecule has 1 rings (SSSR count). The summed E-state index contributed by atoms with van der Waals surface area (Å²) in [5.41, 5.74) is 0.600. The van der Waals surface area contributed by atoms with Gasteiger partial charge < -0.3 is 10.4 Å². The first-order valence-electron chi connectivity index (χ1n) is 6.55. The van der Waals surface area contributed by atoms with Crippen molar-refractivity contribution in [2.24, 2.45) is 0 Å². The van der Waals surface area contributed by atoms with E-state index in [2.05, 4.69) is 15.3 Å². The largest absolute Gasteiger partial charge is 0.481 e. The van der Waals surface area contributed by atoms with Crippen LogP contribution in [-0.2, 0) is 4.79 Å². The van der Waals surface area contributed by atoms with Gasteiger partial charge in [0.25, 0.3) is 0 Å². The SMILES string of the molecule is Cc1cc(NC(C)(C)CCC(=O)O)nc(C(C)C)n1. The smallest absolute Gasteiger partial charge is 0.303 e. The molecular weight excluding hydrogens is 242 g/mol. The Bertz CT molecular complexity index is 456. The van der Waals surface area contributed by atoms with E-state index in [1.165, 1.54) is 0 Å². The Morgan fingerprint density at radius 1 is 1.42 bits per heavy atom. The predicted molar refractivity (Wildman–Crippen MR) is 75.4 cm³/mol. The third-order valence-corrected chi connectivity index (χ3v) is 2.82. The second-order valence-electron chi connectivity index (χ2n) is 5.81. The monoisotopic (exact) mass is 265 g/mol. The Hall–Kier alpha value is -1.65. The van der Waals surface area contributed by atoms with E-state index in [0.29, 0.717) is 6.42 Å². The average molecular weight is 265 g/mol. The molecule has 0 aliphatic carbocycles. The van der Waals surface area contributed by atoms with Crippen molar-refractivity contribution >= 4 is 11.8 Å². The highest BCUT2D eigenvalue weighted by atomic mass is 16.4. The summed E-state index contributed by atoms with van der Waals surface area (Å²) in [7, 11) is 0. The van der Waals surface area contributed by atoms with Gasteiger partial charge in [-0.25, -0.2) is 9.97 Å². The Morgan fingerprint density at radius 3 is 2.58 bits per heavy atom. The summed E-state index contributed by atoms with van der Waals surface area (Å²) in [4.78, 5) is 19.5. The highest BCUT2D eigenvalue weighted by Crippen LogP contribution is 2.20. The second kappa shape index (κ2) is 5.99. The summed E-state index contributed by atoms with van der Waals surface area (Å²) >= 11 is 0. The van der Waals surface area contributed by atoms with Gasteiger partial charge in [0.2, 0.25) is 0 Å². The number of carboxylic acids is 1. The maximum atomic E-state index is 10.6. The first kappa shape index (κ1) is 15.4. The quantitative estimate of drug-likeness (QED) is 0.827. The molecule has 0 amide bonds. The highest BCUT2D eigenvalue weighted by Gasteiger charge is 2.20. The summed E-state index contributed by atoms with van der Waals surface area (Å²) in [6.45, 7) is 9.98. The van der Waals surface area contributed by atoms with Gasteiger partial charge in [0.15, 0.2) is 0 Å². The highest BCUT2D eigenvalue weighted by molar-refractivity contribution is 5.66. The van der Waals surface area contributed by atoms with E-state index in [4.69, 9.17) is 5.11 Å². The summed E-state index contributed by atoms with van der Waals surface area (Å²) < 4.78 is 0. The first-order valence-corrected chi connectivity index (χ1v) is 6.55. The molecule has 0 aromatic carbocycles. The number of aryl methyl sites for hydroxylation is 1.